The van der Waals surface area contributed by atoms with Crippen LogP contribution in [0.1, 0.15) is 35.8 Å². The molecule has 1 fully saturated rings. The average molecular weight is 351 g/mol. The Bertz CT molecular complexity index is 850. The molecule has 0 spiro atoms. The molecule has 0 saturated carbocycles. The lowest BCUT2D eigenvalue weighted by Crippen LogP contribution is -2.32. The Morgan fingerprint density at radius 3 is 2.38 bits per heavy atom. The second kappa shape index (κ2) is 7.38. The zero-order valence-electron chi connectivity index (χ0n) is 14.9. The van der Waals surface area contributed by atoms with E-state index in [1.807, 2.05) is 0 Å². The van der Waals surface area contributed by atoms with E-state index in [-0.39, 0.29) is 5.82 Å². The van der Waals surface area contributed by atoms with E-state index in [0.717, 1.165) is 38.0 Å². The zero-order chi connectivity index (χ0) is 17.9. The molecule has 4 nitrogen and oxygen atoms in total. The number of hydrogen-bond acceptors (Lipinski definition) is 4. The number of likely N-dealkylation sites (tertiary alicyclic amines) is 1. The summed E-state index contributed by atoms with van der Waals surface area (Å²) in [6.45, 7) is 5.14. The molecule has 0 radical (unpaired) electrons. The monoisotopic (exact) mass is 351 g/mol. The molecule has 5 heteroatoms. The smallest absolute Gasteiger partial charge is 0.247 e. The normalized spacial score (nSPS) is 16.1. The predicted octanol–water partition coefficient (Wildman–Crippen LogP) is 4.56. The highest BCUT2D eigenvalue weighted by atomic mass is 19.1. The maximum absolute atomic E-state index is 13.0. The lowest BCUT2D eigenvalue weighted by molar-refractivity contribution is 0.193. The molecule has 2 heterocycles. The summed E-state index contributed by atoms with van der Waals surface area (Å²) < 4.78 is 18.9. The molecule has 0 unspecified atom stereocenters. The third kappa shape index (κ3) is 3.83. The lowest BCUT2D eigenvalue weighted by atomic mass is 9.96. The standard InChI is InChI=1S/C21H22FN3O/c1-15-2-4-16(5-3-15)14-25-12-10-18(11-13-25)21-24-23-20(26-21)17-6-8-19(22)9-7-17/h2-9,18H,10-14H2,1H3. The van der Waals surface area contributed by atoms with Crippen LogP contribution in [0.15, 0.2) is 52.9 Å². The maximum Gasteiger partial charge on any atom is 0.247 e. The molecule has 1 saturated heterocycles. The molecule has 1 aliphatic heterocycles. The van der Waals surface area contributed by atoms with Crippen molar-refractivity contribution in [1.82, 2.24) is 15.1 Å². The SMILES string of the molecule is Cc1ccc(CN2CCC(c3nnc(-c4ccc(F)cc4)o3)CC2)cc1. The molecule has 0 amide bonds. The van der Waals surface area contributed by atoms with Crippen LogP contribution in [0.5, 0.6) is 0 Å². The quantitative estimate of drug-likeness (QED) is 0.691. The Kier molecular flexibility index (Phi) is 4.80. The second-order valence-electron chi connectivity index (χ2n) is 6.99. The van der Waals surface area contributed by atoms with E-state index >= 15 is 0 Å². The van der Waals surface area contributed by atoms with E-state index < -0.39 is 0 Å². The van der Waals surface area contributed by atoms with Gasteiger partial charge in [-0.15, -0.1) is 10.2 Å². The molecule has 0 atom stereocenters. The van der Waals surface area contributed by atoms with E-state index in [4.69, 9.17) is 4.42 Å². The summed E-state index contributed by atoms with van der Waals surface area (Å²) in [6, 6.07) is 14.9. The zero-order valence-corrected chi connectivity index (χ0v) is 14.9. The van der Waals surface area contributed by atoms with Crippen molar-refractivity contribution in [2.24, 2.45) is 0 Å². The van der Waals surface area contributed by atoms with Crippen LogP contribution in [0.3, 0.4) is 0 Å². The molecule has 2 aromatic carbocycles. The van der Waals surface area contributed by atoms with Gasteiger partial charge in [0.1, 0.15) is 5.82 Å². The number of benzene rings is 2. The summed E-state index contributed by atoms with van der Waals surface area (Å²) in [5.41, 5.74) is 3.40. The van der Waals surface area contributed by atoms with Crippen LogP contribution in [0.4, 0.5) is 4.39 Å². The molecule has 4 rings (SSSR count). The number of rotatable bonds is 4. The van der Waals surface area contributed by atoms with Gasteiger partial charge in [-0.25, -0.2) is 4.39 Å². The summed E-state index contributed by atoms with van der Waals surface area (Å²) in [6.07, 6.45) is 2.02. The molecular weight excluding hydrogens is 329 g/mol. The summed E-state index contributed by atoms with van der Waals surface area (Å²) >= 11 is 0. The number of nitrogens with zero attached hydrogens (tertiary/aromatic N) is 3. The molecule has 0 bridgehead atoms. The van der Waals surface area contributed by atoms with Crippen molar-refractivity contribution < 1.29 is 8.81 Å². The Morgan fingerprint density at radius 2 is 1.69 bits per heavy atom. The van der Waals surface area contributed by atoms with Gasteiger partial charge in [0.05, 0.1) is 0 Å². The van der Waals surface area contributed by atoms with Gasteiger partial charge in [0.15, 0.2) is 0 Å². The third-order valence-corrected chi connectivity index (χ3v) is 5.00. The van der Waals surface area contributed by atoms with Crippen LogP contribution in [-0.2, 0) is 6.54 Å². The number of aromatic nitrogens is 2. The highest BCUT2D eigenvalue weighted by Crippen LogP contribution is 2.30. The van der Waals surface area contributed by atoms with Crippen LogP contribution < -0.4 is 0 Å². The van der Waals surface area contributed by atoms with E-state index in [1.165, 1.54) is 23.3 Å². The lowest BCUT2D eigenvalue weighted by Gasteiger charge is -2.30. The van der Waals surface area contributed by atoms with Gasteiger partial charge < -0.3 is 4.42 Å². The fourth-order valence-electron chi connectivity index (χ4n) is 3.40. The average Bonchev–Trinajstić information content (AvgIpc) is 3.15. The number of hydrogen-bond donors (Lipinski definition) is 0. The van der Waals surface area contributed by atoms with Gasteiger partial charge in [0.2, 0.25) is 11.8 Å². The van der Waals surface area contributed by atoms with E-state index in [9.17, 15) is 4.39 Å². The van der Waals surface area contributed by atoms with E-state index in [2.05, 4.69) is 46.3 Å². The van der Waals surface area contributed by atoms with Gasteiger partial charge in [0, 0.05) is 18.0 Å². The number of piperidine rings is 1. The first kappa shape index (κ1) is 16.9. The van der Waals surface area contributed by atoms with Crippen molar-refractivity contribution in [2.45, 2.75) is 32.2 Å². The first-order chi connectivity index (χ1) is 12.7. The molecule has 134 valence electrons. The highest BCUT2D eigenvalue weighted by molar-refractivity contribution is 5.52. The highest BCUT2D eigenvalue weighted by Gasteiger charge is 2.25. The van der Waals surface area contributed by atoms with Gasteiger partial charge in [-0.1, -0.05) is 29.8 Å². The van der Waals surface area contributed by atoms with Crippen molar-refractivity contribution in [3.05, 3.63) is 71.4 Å². The molecule has 0 N–H and O–H groups in total. The summed E-state index contributed by atoms with van der Waals surface area (Å²) in [4.78, 5) is 2.47. The molecule has 1 aromatic heterocycles. The Labute approximate surface area is 152 Å². The summed E-state index contributed by atoms with van der Waals surface area (Å²) in [5.74, 6) is 1.18. The fraction of sp³-hybridized carbons (Fsp3) is 0.333. The maximum atomic E-state index is 13.0. The Balaban J connectivity index is 1.36. The minimum atomic E-state index is -0.269. The van der Waals surface area contributed by atoms with Crippen molar-refractivity contribution in [2.75, 3.05) is 13.1 Å². The van der Waals surface area contributed by atoms with Gasteiger partial charge in [-0.05, 0) is 62.7 Å². The molecule has 3 aromatic rings. The molecule has 1 aliphatic rings. The Morgan fingerprint density at radius 1 is 1.00 bits per heavy atom. The van der Waals surface area contributed by atoms with Crippen molar-refractivity contribution in [3.63, 3.8) is 0 Å². The van der Waals surface area contributed by atoms with Crippen LogP contribution in [0.2, 0.25) is 0 Å². The molecule has 0 aliphatic carbocycles. The third-order valence-electron chi connectivity index (χ3n) is 5.00. The van der Waals surface area contributed by atoms with Crippen LogP contribution in [0, 0.1) is 12.7 Å². The molecule has 26 heavy (non-hydrogen) atoms. The summed E-state index contributed by atoms with van der Waals surface area (Å²) in [5, 5.41) is 8.36. The van der Waals surface area contributed by atoms with Crippen molar-refractivity contribution >= 4 is 0 Å². The molecular formula is C21H22FN3O. The van der Waals surface area contributed by atoms with Gasteiger partial charge in [-0.3, -0.25) is 4.90 Å². The van der Waals surface area contributed by atoms with Crippen molar-refractivity contribution in [3.8, 4) is 11.5 Å². The largest absolute Gasteiger partial charge is 0.420 e. The topological polar surface area (TPSA) is 42.2 Å². The van der Waals surface area contributed by atoms with Crippen LogP contribution >= 0.6 is 0 Å². The van der Waals surface area contributed by atoms with Gasteiger partial charge in [0.25, 0.3) is 0 Å². The fourth-order valence-corrected chi connectivity index (χ4v) is 3.40. The van der Waals surface area contributed by atoms with E-state index in [0.29, 0.717) is 17.7 Å². The second-order valence-corrected chi connectivity index (χ2v) is 6.99. The first-order valence-electron chi connectivity index (χ1n) is 9.04. The Hall–Kier alpha value is -2.53. The van der Waals surface area contributed by atoms with Gasteiger partial charge in [-0.2, -0.15) is 0 Å². The summed E-state index contributed by atoms with van der Waals surface area (Å²) in [7, 11) is 0. The minimum Gasteiger partial charge on any atom is -0.420 e. The predicted molar refractivity (Wildman–Crippen MR) is 98.1 cm³/mol. The van der Waals surface area contributed by atoms with Gasteiger partial charge >= 0.3 is 0 Å². The van der Waals surface area contributed by atoms with Crippen LogP contribution in [-0.4, -0.2) is 28.2 Å². The van der Waals surface area contributed by atoms with Crippen molar-refractivity contribution in [1.29, 1.82) is 0 Å². The van der Waals surface area contributed by atoms with Crippen LogP contribution in [0.25, 0.3) is 11.5 Å². The van der Waals surface area contributed by atoms with E-state index in [1.54, 1.807) is 12.1 Å². The number of aryl methyl sites for hydroxylation is 1. The minimum absolute atomic E-state index is 0.269. The number of halogens is 1. The first-order valence-corrected chi connectivity index (χ1v) is 9.04.